The van der Waals surface area contributed by atoms with Gasteiger partial charge in [-0.1, -0.05) is 30.3 Å². The number of likely N-dealkylation sites (tertiary alicyclic amines) is 1. The van der Waals surface area contributed by atoms with Gasteiger partial charge in [-0.15, -0.1) is 0 Å². The number of carbonyl (C=O) groups is 1. The Balaban J connectivity index is 1.19. The van der Waals surface area contributed by atoms with Gasteiger partial charge in [0.25, 0.3) is 5.91 Å². The molecule has 4 heteroatoms. The quantitative estimate of drug-likeness (QED) is 0.732. The summed E-state index contributed by atoms with van der Waals surface area (Å²) in [7, 11) is 0. The minimum Gasteiger partial charge on any atom is -0.334 e. The van der Waals surface area contributed by atoms with E-state index in [1.165, 1.54) is 5.56 Å². The monoisotopic (exact) mass is 352 g/mol. The Bertz CT molecular complexity index is 774. The maximum absolute atomic E-state index is 13.1. The number of benzene rings is 2. The third-order valence-corrected chi connectivity index (χ3v) is 5.66. The minimum absolute atomic E-state index is 0.165. The van der Waals surface area contributed by atoms with E-state index in [-0.39, 0.29) is 11.7 Å². The normalized spacial score (nSPS) is 20.0. The van der Waals surface area contributed by atoms with Crippen LogP contribution in [0.15, 0.2) is 48.5 Å². The summed E-state index contributed by atoms with van der Waals surface area (Å²) in [6, 6.07) is 14.9. The van der Waals surface area contributed by atoms with Gasteiger partial charge in [0.1, 0.15) is 5.82 Å². The van der Waals surface area contributed by atoms with E-state index in [0.29, 0.717) is 5.92 Å². The molecular formula is C22H25FN2O. The van der Waals surface area contributed by atoms with Crippen LogP contribution < -0.4 is 0 Å². The van der Waals surface area contributed by atoms with Crippen LogP contribution >= 0.6 is 0 Å². The lowest BCUT2D eigenvalue weighted by Crippen LogP contribution is -2.26. The maximum atomic E-state index is 13.1. The van der Waals surface area contributed by atoms with Gasteiger partial charge in [0.2, 0.25) is 0 Å². The van der Waals surface area contributed by atoms with Crippen molar-refractivity contribution in [3.05, 3.63) is 71.0 Å². The molecule has 2 aromatic carbocycles. The molecule has 0 aromatic heterocycles. The summed E-state index contributed by atoms with van der Waals surface area (Å²) in [5, 5.41) is 0. The van der Waals surface area contributed by atoms with E-state index in [1.54, 1.807) is 12.1 Å². The standard InChI is InChI=1S/C22H25FN2O/c23-20-9-7-17(8-10-20)18-11-14-24(15-18)12-3-4-13-25-16-19-5-1-2-6-21(19)22(25)26/h1-2,5-10,18H,3-4,11-16H2. The first-order valence-electron chi connectivity index (χ1n) is 9.56. The van der Waals surface area contributed by atoms with Gasteiger partial charge in [-0.25, -0.2) is 4.39 Å². The summed E-state index contributed by atoms with van der Waals surface area (Å²) < 4.78 is 13.1. The number of amides is 1. The SMILES string of the molecule is O=C1c2ccccc2CN1CCCCN1CCC(c2ccc(F)cc2)C1. The first-order valence-corrected chi connectivity index (χ1v) is 9.56. The zero-order valence-electron chi connectivity index (χ0n) is 15.0. The first-order chi connectivity index (χ1) is 12.7. The fourth-order valence-corrected chi connectivity index (χ4v) is 4.18. The summed E-state index contributed by atoms with van der Waals surface area (Å²) >= 11 is 0. The predicted octanol–water partition coefficient (Wildman–Crippen LogP) is 4.05. The van der Waals surface area contributed by atoms with E-state index in [1.807, 2.05) is 41.3 Å². The summed E-state index contributed by atoms with van der Waals surface area (Å²) in [6.45, 7) is 4.83. The number of halogens is 1. The zero-order valence-corrected chi connectivity index (χ0v) is 15.0. The second-order valence-electron chi connectivity index (χ2n) is 7.43. The molecule has 1 fully saturated rings. The van der Waals surface area contributed by atoms with Crippen molar-refractivity contribution in [3.8, 4) is 0 Å². The molecule has 4 rings (SSSR count). The van der Waals surface area contributed by atoms with Crippen molar-refractivity contribution in [2.24, 2.45) is 0 Å². The Labute approximate surface area is 154 Å². The average molecular weight is 352 g/mol. The van der Waals surface area contributed by atoms with Crippen LogP contribution in [0.1, 0.15) is 46.7 Å². The van der Waals surface area contributed by atoms with Crippen LogP contribution in [0.3, 0.4) is 0 Å². The highest BCUT2D eigenvalue weighted by Gasteiger charge is 2.26. The van der Waals surface area contributed by atoms with Gasteiger partial charge in [0.15, 0.2) is 0 Å². The van der Waals surface area contributed by atoms with E-state index in [9.17, 15) is 9.18 Å². The van der Waals surface area contributed by atoms with Crippen LogP contribution in [-0.4, -0.2) is 41.9 Å². The number of hydrogen-bond donors (Lipinski definition) is 0. The second kappa shape index (κ2) is 7.58. The highest BCUT2D eigenvalue weighted by molar-refractivity contribution is 5.98. The molecule has 1 atom stereocenters. The lowest BCUT2D eigenvalue weighted by Gasteiger charge is -2.18. The van der Waals surface area contributed by atoms with Crippen LogP contribution in [0.25, 0.3) is 0 Å². The van der Waals surface area contributed by atoms with Gasteiger partial charge in [0.05, 0.1) is 0 Å². The van der Waals surface area contributed by atoms with Crippen LogP contribution in [-0.2, 0) is 6.54 Å². The lowest BCUT2D eigenvalue weighted by atomic mass is 9.99. The number of carbonyl (C=O) groups excluding carboxylic acids is 1. The molecule has 2 aromatic rings. The average Bonchev–Trinajstić information content (AvgIpc) is 3.25. The number of nitrogens with zero attached hydrogens (tertiary/aromatic N) is 2. The first kappa shape index (κ1) is 17.2. The predicted molar refractivity (Wildman–Crippen MR) is 101 cm³/mol. The zero-order chi connectivity index (χ0) is 17.9. The van der Waals surface area contributed by atoms with Gasteiger partial charge in [0, 0.05) is 25.2 Å². The second-order valence-corrected chi connectivity index (χ2v) is 7.43. The largest absolute Gasteiger partial charge is 0.334 e. The van der Waals surface area contributed by atoms with Crippen LogP contribution in [0, 0.1) is 5.82 Å². The molecule has 0 aliphatic carbocycles. The molecule has 2 aliphatic rings. The molecule has 1 saturated heterocycles. The van der Waals surface area contributed by atoms with Crippen LogP contribution in [0.4, 0.5) is 4.39 Å². The summed E-state index contributed by atoms with van der Waals surface area (Å²) in [5.74, 6) is 0.533. The molecule has 3 nitrogen and oxygen atoms in total. The van der Waals surface area contributed by atoms with E-state index in [4.69, 9.17) is 0 Å². The molecule has 1 unspecified atom stereocenters. The molecule has 2 aliphatic heterocycles. The lowest BCUT2D eigenvalue weighted by molar-refractivity contribution is 0.0774. The highest BCUT2D eigenvalue weighted by Crippen LogP contribution is 2.27. The van der Waals surface area contributed by atoms with Gasteiger partial charge in [-0.3, -0.25) is 4.79 Å². The molecule has 1 amide bonds. The summed E-state index contributed by atoms with van der Waals surface area (Å²) in [4.78, 5) is 16.8. The summed E-state index contributed by atoms with van der Waals surface area (Å²) in [6.07, 6.45) is 3.29. The van der Waals surface area contributed by atoms with E-state index in [0.717, 1.165) is 63.1 Å². The van der Waals surface area contributed by atoms with E-state index in [2.05, 4.69) is 4.90 Å². The van der Waals surface area contributed by atoms with Crippen molar-refractivity contribution in [1.82, 2.24) is 9.80 Å². The van der Waals surface area contributed by atoms with Crippen LogP contribution in [0.5, 0.6) is 0 Å². The number of hydrogen-bond acceptors (Lipinski definition) is 2. The Hall–Kier alpha value is -2.20. The van der Waals surface area contributed by atoms with Gasteiger partial charge >= 0.3 is 0 Å². The molecule has 26 heavy (non-hydrogen) atoms. The van der Waals surface area contributed by atoms with Crippen molar-refractivity contribution in [2.75, 3.05) is 26.2 Å². The number of fused-ring (bicyclic) bond motifs is 1. The minimum atomic E-state index is -0.165. The van der Waals surface area contributed by atoms with E-state index >= 15 is 0 Å². The number of rotatable bonds is 6. The molecule has 0 N–H and O–H groups in total. The topological polar surface area (TPSA) is 23.6 Å². The molecule has 0 saturated carbocycles. The van der Waals surface area contributed by atoms with Gasteiger partial charge < -0.3 is 9.80 Å². The molecule has 2 heterocycles. The van der Waals surface area contributed by atoms with Crippen LogP contribution in [0.2, 0.25) is 0 Å². The summed E-state index contributed by atoms with van der Waals surface area (Å²) in [5.41, 5.74) is 3.27. The molecule has 136 valence electrons. The van der Waals surface area contributed by atoms with E-state index < -0.39 is 0 Å². The third-order valence-electron chi connectivity index (χ3n) is 5.66. The highest BCUT2D eigenvalue weighted by atomic mass is 19.1. The molecule has 0 spiro atoms. The van der Waals surface area contributed by atoms with Crippen molar-refractivity contribution < 1.29 is 9.18 Å². The molecular weight excluding hydrogens is 327 g/mol. The third kappa shape index (κ3) is 3.65. The Morgan fingerprint density at radius 3 is 2.58 bits per heavy atom. The van der Waals surface area contributed by atoms with Crippen molar-refractivity contribution in [1.29, 1.82) is 0 Å². The van der Waals surface area contributed by atoms with Crippen molar-refractivity contribution >= 4 is 5.91 Å². The van der Waals surface area contributed by atoms with Crippen molar-refractivity contribution in [2.45, 2.75) is 31.7 Å². The molecule has 0 radical (unpaired) electrons. The van der Waals surface area contributed by atoms with Crippen molar-refractivity contribution in [3.63, 3.8) is 0 Å². The Morgan fingerprint density at radius 2 is 1.77 bits per heavy atom. The molecule has 0 bridgehead atoms. The number of unbranched alkanes of at least 4 members (excludes halogenated alkanes) is 1. The fraction of sp³-hybridized carbons (Fsp3) is 0.409. The maximum Gasteiger partial charge on any atom is 0.254 e. The Morgan fingerprint density at radius 1 is 1.00 bits per heavy atom. The Kier molecular flexibility index (Phi) is 5.02. The fourth-order valence-electron chi connectivity index (χ4n) is 4.18. The smallest absolute Gasteiger partial charge is 0.254 e. The van der Waals surface area contributed by atoms with Gasteiger partial charge in [-0.05, 0) is 67.6 Å². The van der Waals surface area contributed by atoms with Gasteiger partial charge in [-0.2, -0.15) is 0 Å².